The van der Waals surface area contributed by atoms with Gasteiger partial charge in [0.05, 0.1) is 13.1 Å². The van der Waals surface area contributed by atoms with E-state index in [-0.39, 0.29) is 18.2 Å². The van der Waals surface area contributed by atoms with Gasteiger partial charge in [-0.15, -0.1) is 0 Å². The van der Waals surface area contributed by atoms with Crippen molar-refractivity contribution in [1.29, 1.82) is 0 Å². The fourth-order valence-electron chi connectivity index (χ4n) is 4.54. The van der Waals surface area contributed by atoms with Crippen LogP contribution in [0.25, 0.3) is 0 Å². The highest BCUT2D eigenvalue weighted by atomic mass is 79.9. The van der Waals surface area contributed by atoms with Crippen LogP contribution in [0.5, 0.6) is 0 Å². The zero-order valence-corrected chi connectivity index (χ0v) is 18.5. The zero-order valence-electron chi connectivity index (χ0n) is 17.0. The molecule has 1 atom stereocenters. The molecular formula is C24H21BrN4O2. The molecule has 0 radical (unpaired) electrons. The maximum Gasteiger partial charge on any atom is 0.277 e. The van der Waals surface area contributed by atoms with Crippen LogP contribution in [0, 0.1) is 0 Å². The van der Waals surface area contributed by atoms with E-state index in [1.807, 2.05) is 95.8 Å². The molecule has 1 spiro atoms. The van der Waals surface area contributed by atoms with Crippen LogP contribution in [0.4, 0.5) is 11.4 Å². The van der Waals surface area contributed by atoms with Gasteiger partial charge in [-0.2, -0.15) is 5.01 Å². The third-order valence-electron chi connectivity index (χ3n) is 5.82. The van der Waals surface area contributed by atoms with Gasteiger partial charge >= 0.3 is 0 Å². The average molecular weight is 477 g/mol. The van der Waals surface area contributed by atoms with Gasteiger partial charge in [0.15, 0.2) is 0 Å². The minimum Gasteiger partial charge on any atom is -0.322 e. The molecule has 0 bridgehead atoms. The van der Waals surface area contributed by atoms with Gasteiger partial charge in [0.1, 0.15) is 0 Å². The summed E-state index contributed by atoms with van der Waals surface area (Å²) >= 11 is 3.48. The van der Waals surface area contributed by atoms with Gasteiger partial charge in [-0.25, -0.2) is 5.01 Å². The predicted octanol–water partition coefficient (Wildman–Crippen LogP) is 3.95. The number of carbonyl (C=O) groups excluding carboxylic acids is 2. The van der Waals surface area contributed by atoms with Crippen molar-refractivity contribution in [1.82, 2.24) is 10.0 Å². The molecule has 1 saturated heterocycles. The molecule has 1 N–H and O–H groups in total. The van der Waals surface area contributed by atoms with Crippen molar-refractivity contribution in [3.8, 4) is 0 Å². The van der Waals surface area contributed by atoms with Crippen molar-refractivity contribution in [2.45, 2.75) is 12.1 Å². The van der Waals surface area contributed by atoms with Crippen LogP contribution >= 0.6 is 15.9 Å². The zero-order chi connectivity index (χ0) is 21.6. The quantitative estimate of drug-likeness (QED) is 0.621. The Bertz CT molecular complexity index is 1150. The standard InChI is InChI=1S/C24H21BrN4O2/c1-27-16-28(19-13-11-18(25)12-14-19)24(20-9-5-6-10-21(20)26-23(24)31)29(27)22(30)15-17-7-3-2-4-8-17/h2-14H,15-16H2,1H3,(H,26,31). The lowest BCUT2D eigenvalue weighted by Crippen LogP contribution is -2.59. The van der Waals surface area contributed by atoms with Gasteiger partial charge in [0.2, 0.25) is 11.6 Å². The number of hydrogen-bond donors (Lipinski definition) is 1. The normalized spacial score (nSPS) is 20.3. The number of rotatable bonds is 3. The smallest absolute Gasteiger partial charge is 0.277 e. The largest absolute Gasteiger partial charge is 0.322 e. The summed E-state index contributed by atoms with van der Waals surface area (Å²) < 4.78 is 0.950. The summed E-state index contributed by atoms with van der Waals surface area (Å²) in [5, 5.41) is 6.44. The van der Waals surface area contributed by atoms with E-state index in [4.69, 9.17) is 0 Å². The minimum absolute atomic E-state index is 0.139. The maximum absolute atomic E-state index is 13.6. The van der Waals surface area contributed by atoms with Crippen molar-refractivity contribution < 1.29 is 9.59 Å². The number of nitrogens with zero attached hydrogens (tertiary/aromatic N) is 3. The van der Waals surface area contributed by atoms with Crippen molar-refractivity contribution in [2.24, 2.45) is 0 Å². The van der Waals surface area contributed by atoms with E-state index < -0.39 is 5.66 Å². The Morgan fingerprint density at radius 1 is 1.00 bits per heavy atom. The first-order valence-electron chi connectivity index (χ1n) is 10.0. The van der Waals surface area contributed by atoms with E-state index in [0.29, 0.717) is 6.67 Å². The first kappa shape index (κ1) is 19.8. The number of halogens is 1. The van der Waals surface area contributed by atoms with E-state index >= 15 is 0 Å². The average Bonchev–Trinajstić information content (AvgIpc) is 3.24. The Morgan fingerprint density at radius 2 is 1.68 bits per heavy atom. The molecule has 7 heteroatoms. The molecule has 2 aliphatic rings. The van der Waals surface area contributed by atoms with Crippen molar-refractivity contribution >= 4 is 39.1 Å². The third kappa shape index (κ3) is 3.04. The third-order valence-corrected chi connectivity index (χ3v) is 6.35. The number of benzene rings is 3. The predicted molar refractivity (Wildman–Crippen MR) is 123 cm³/mol. The van der Waals surface area contributed by atoms with E-state index in [1.165, 1.54) is 0 Å². The summed E-state index contributed by atoms with van der Waals surface area (Å²) in [4.78, 5) is 29.3. The number of fused-ring (bicyclic) bond motifs is 2. The molecule has 156 valence electrons. The molecule has 2 heterocycles. The van der Waals surface area contributed by atoms with Crippen LogP contribution in [-0.2, 0) is 21.7 Å². The SMILES string of the molecule is CN1CN(c2ccc(Br)cc2)C2(C(=O)Nc3ccccc32)N1C(=O)Cc1ccccc1. The van der Waals surface area contributed by atoms with Gasteiger partial charge < -0.3 is 10.2 Å². The highest BCUT2D eigenvalue weighted by Gasteiger charge is 2.62. The van der Waals surface area contributed by atoms with Gasteiger partial charge in [0.25, 0.3) is 5.91 Å². The molecule has 5 rings (SSSR count). The lowest BCUT2D eigenvalue weighted by Gasteiger charge is -2.39. The Labute approximate surface area is 189 Å². The molecule has 1 fully saturated rings. The fourth-order valence-corrected chi connectivity index (χ4v) is 4.81. The number of para-hydroxylation sites is 1. The number of nitrogens with one attached hydrogen (secondary N) is 1. The lowest BCUT2D eigenvalue weighted by atomic mass is 9.97. The molecular weight excluding hydrogens is 456 g/mol. The number of hydrazine groups is 1. The highest BCUT2D eigenvalue weighted by Crippen LogP contribution is 2.49. The summed E-state index contributed by atoms with van der Waals surface area (Å²) in [6, 6.07) is 25.0. The van der Waals surface area contributed by atoms with E-state index in [0.717, 1.165) is 27.0 Å². The first-order chi connectivity index (χ1) is 15.0. The maximum atomic E-state index is 13.6. The van der Waals surface area contributed by atoms with Gasteiger partial charge in [-0.1, -0.05) is 64.5 Å². The molecule has 3 aromatic carbocycles. The lowest BCUT2D eigenvalue weighted by molar-refractivity contribution is -0.157. The minimum atomic E-state index is -1.29. The van der Waals surface area contributed by atoms with Crippen LogP contribution < -0.4 is 10.2 Å². The second-order valence-electron chi connectivity index (χ2n) is 7.74. The summed E-state index contributed by atoms with van der Waals surface area (Å²) in [5.41, 5.74) is 1.98. The highest BCUT2D eigenvalue weighted by molar-refractivity contribution is 9.10. The van der Waals surface area contributed by atoms with Gasteiger partial charge in [-0.3, -0.25) is 9.59 Å². The molecule has 2 amide bonds. The molecule has 0 aromatic heterocycles. The van der Waals surface area contributed by atoms with Crippen LogP contribution in [0.2, 0.25) is 0 Å². The van der Waals surface area contributed by atoms with Crippen molar-refractivity contribution in [2.75, 3.05) is 23.9 Å². The van der Waals surface area contributed by atoms with Crippen LogP contribution in [0.15, 0.2) is 83.3 Å². The second-order valence-corrected chi connectivity index (χ2v) is 8.66. The Morgan fingerprint density at radius 3 is 2.42 bits per heavy atom. The summed E-state index contributed by atoms with van der Waals surface area (Å²) in [6.07, 6.45) is 0.205. The molecule has 1 unspecified atom stereocenters. The number of amides is 2. The van der Waals surface area contributed by atoms with Gasteiger partial charge in [-0.05, 0) is 35.9 Å². The Balaban J connectivity index is 1.66. The second kappa shape index (κ2) is 7.51. The molecule has 31 heavy (non-hydrogen) atoms. The molecule has 6 nitrogen and oxygen atoms in total. The summed E-state index contributed by atoms with van der Waals surface area (Å²) in [7, 11) is 1.84. The number of carbonyl (C=O) groups is 2. The van der Waals surface area contributed by atoms with Crippen molar-refractivity contribution in [3.63, 3.8) is 0 Å². The first-order valence-corrected chi connectivity index (χ1v) is 10.8. The van der Waals surface area contributed by atoms with E-state index in [9.17, 15) is 9.59 Å². The van der Waals surface area contributed by atoms with Gasteiger partial charge in [0, 0.05) is 28.5 Å². The monoisotopic (exact) mass is 476 g/mol. The fraction of sp³-hybridized carbons (Fsp3) is 0.167. The van der Waals surface area contributed by atoms with Crippen LogP contribution in [0.1, 0.15) is 11.1 Å². The Kier molecular flexibility index (Phi) is 4.79. The van der Waals surface area contributed by atoms with E-state index in [2.05, 4.69) is 21.2 Å². The van der Waals surface area contributed by atoms with E-state index in [1.54, 1.807) is 5.01 Å². The molecule has 0 aliphatic carbocycles. The number of hydrogen-bond acceptors (Lipinski definition) is 4. The van der Waals surface area contributed by atoms with Crippen LogP contribution in [0.3, 0.4) is 0 Å². The number of anilines is 2. The van der Waals surface area contributed by atoms with Crippen LogP contribution in [-0.4, -0.2) is 35.5 Å². The molecule has 3 aromatic rings. The Hall–Kier alpha value is -3.16. The molecule has 2 aliphatic heterocycles. The summed E-state index contributed by atoms with van der Waals surface area (Å²) in [6.45, 7) is 0.393. The molecule has 0 saturated carbocycles. The van der Waals surface area contributed by atoms with Crippen molar-refractivity contribution in [3.05, 3.63) is 94.5 Å². The topological polar surface area (TPSA) is 55.9 Å². The summed E-state index contributed by atoms with van der Waals surface area (Å²) in [5.74, 6) is -0.373.